The van der Waals surface area contributed by atoms with Crippen LogP contribution in [-0.4, -0.2) is 16.2 Å². The highest BCUT2D eigenvalue weighted by Crippen LogP contribution is 2.19. The molecule has 0 unspecified atom stereocenters. The smallest absolute Gasteiger partial charge is 0.339 e. The largest absolute Gasteiger partial charge is 0.502 e. The Morgan fingerprint density at radius 2 is 2.00 bits per heavy atom. The van der Waals surface area contributed by atoms with Gasteiger partial charge in [-0.05, 0) is 0 Å². The van der Waals surface area contributed by atoms with Crippen molar-refractivity contribution < 1.29 is 19.6 Å². The Bertz CT molecular complexity index is 372. The number of aryl methyl sites for hydroxylation is 1. The normalized spacial score (nSPS) is 10.1. The Morgan fingerprint density at radius 1 is 1.46 bits per heavy atom. The van der Waals surface area contributed by atoms with E-state index in [0.717, 1.165) is 5.69 Å². The third kappa shape index (κ3) is 1.47. The van der Waals surface area contributed by atoms with Gasteiger partial charge in [0.2, 0.25) is 5.69 Å². The summed E-state index contributed by atoms with van der Waals surface area (Å²) in [6, 6.07) is 1.45. The highest BCUT2D eigenvalue weighted by molar-refractivity contribution is 5.90. The first-order chi connectivity index (χ1) is 5.95. The van der Waals surface area contributed by atoms with E-state index in [-0.39, 0.29) is 11.3 Å². The Morgan fingerprint density at radius 3 is 2.46 bits per heavy atom. The molecule has 13 heavy (non-hydrogen) atoms. The van der Waals surface area contributed by atoms with Gasteiger partial charge in [0.15, 0.2) is 11.4 Å². The van der Waals surface area contributed by atoms with Crippen molar-refractivity contribution in [1.82, 2.24) is 0 Å². The third-order valence-corrected chi connectivity index (χ3v) is 2.21. The Balaban J connectivity index is 3.50. The Labute approximate surface area is 76.1 Å². The molecule has 0 amide bonds. The standard InChI is InChI=1S/C9H11NO3/c1-5-4-7(9(12)13)8(11)6(2)10(5)3/h4H,1-3H3,(H-,11,12,13)/p+1. The molecule has 0 aromatic carbocycles. The van der Waals surface area contributed by atoms with E-state index in [1.807, 2.05) is 0 Å². The van der Waals surface area contributed by atoms with Crippen molar-refractivity contribution >= 4 is 5.97 Å². The summed E-state index contributed by atoms with van der Waals surface area (Å²) in [6.45, 7) is 3.47. The Hall–Kier alpha value is -1.58. The summed E-state index contributed by atoms with van der Waals surface area (Å²) in [5.41, 5.74) is 1.30. The van der Waals surface area contributed by atoms with Gasteiger partial charge in [-0.25, -0.2) is 4.79 Å². The lowest BCUT2D eigenvalue weighted by atomic mass is 10.1. The number of aromatic hydroxyl groups is 1. The van der Waals surface area contributed by atoms with Gasteiger partial charge in [0.05, 0.1) is 0 Å². The average Bonchev–Trinajstić information content (AvgIpc) is 2.07. The lowest BCUT2D eigenvalue weighted by Gasteiger charge is -2.03. The van der Waals surface area contributed by atoms with Crippen molar-refractivity contribution in [2.24, 2.45) is 7.05 Å². The second-order valence-electron chi connectivity index (χ2n) is 3.00. The zero-order chi connectivity index (χ0) is 10.2. The summed E-state index contributed by atoms with van der Waals surface area (Å²) in [6.07, 6.45) is 0. The van der Waals surface area contributed by atoms with Gasteiger partial charge in [0.1, 0.15) is 12.6 Å². The first-order valence-corrected chi connectivity index (χ1v) is 3.87. The summed E-state index contributed by atoms with van der Waals surface area (Å²) in [7, 11) is 1.77. The predicted molar refractivity (Wildman–Crippen MR) is 45.7 cm³/mol. The Kier molecular flexibility index (Phi) is 2.23. The molecule has 1 heterocycles. The molecule has 4 heteroatoms. The van der Waals surface area contributed by atoms with Gasteiger partial charge in [-0.2, -0.15) is 4.57 Å². The molecule has 1 aromatic rings. The minimum Gasteiger partial charge on any atom is -0.502 e. The monoisotopic (exact) mass is 182 g/mol. The molecule has 0 bridgehead atoms. The van der Waals surface area contributed by atoms with Crippen molar-refractivity contribution in [3.05, 3.63) is 23.0 Å². The maximum Gasteiger partial charge on any atom is 0.339 e. The lowest BCUT2D eigenvalue weighted by Crippen LogP contribution is -2.36. The van der Waals surface area contributed by atoms with E-state index < -0.39 is 5.97 Å². The van der Waals surface area contributed by atoms with Crippen molar-refractivity contribution in [2.45, 2.75) is 13.8 Å². The number of hydrogen-bond acceptors (Lipinski definition) is 2. The molecule has 0 saturated carbocycles. The quantitative estimate of drug-likeness (QED) is 0.623. The van der Waals surface area contributed by atoms with Crippen LogP contribution in [0.15, 0.2) is 6.07 Å². The molecule has 0 aliphatic carbocycles. The minimum absolute atomic E-state index is 0.0481. The van der Waals surface area contributed by atoms with Crippen molar-refractivity contribution in [2.75, 3.05) is 0 Å². The molecule has 1 aromatic heterocycles. The number of nitrogens with zero attached hydrogens (tertiary/aromatic N) is 1. The SMILES string of the molecule is Cc1cc(C(=O)O)c(O)c(C)[n+]1C. The summed E-state index contributed by atoms with van der Waals surface area (Å²) < 4.78 is 1.74. The number of carbonyl (C=O) groups is 1. The average molecular weight is 182 g/mol. The van der Waals surface area contributed by atoms with Crippen LogP contribution >= 0.6 is 0 Å². The second-order valence-corrected chi connectivity index (χ2v) is 3.00. The number of hydrogen-bond donors (Lipinski definition) is 2. The van der Waals surface area contributed by atoms with Crippen LogP contribution < -0.4 is 4.57 Å². The first kappa shape index (κ1) is 9.51. The van der Waals surface area contributed by atoms with Gasteiger partial charge in [-0.15, -0.1) is 0 Å². The summed E-state index contributed by atoms with van der Waals surface area (Å²) in [5.74, 6) is -1.27. The van der Waals surface area contributed by atoms with E-state index >= 15 is 0 Å². The highest BCUT2D eigenvalue weighted by atomic mass is 16.4. The van der Waals surface area contributed by atoms with Gasteiger partial charge >= 0.3 is 5.97 Å². The van der Waals surface area contributed by atoms with E-state index in [1.165, 1.54) is 6.07 Å². The number of carboxylic acids is 1. The van der Waals surface area contributed by atoms with Crippen LogP contribution in [-0.2, 0) is 7.05 Å². The molecule has 0 aliphatic heterocycles. The number of aromatic carboxylic acids is 1. The molecule has 0 fully saturated rings. The molecular formula is C9H12NO3+. The van der Waals surface area contributed by atoms with Crippen molar-refractivity contribution in [3.8, 4) is 5.75 Å². The predicted octanol–water partition coefficient (Wildman–Crippen LogP) is 0.532. The maximum atomic E-state index is 10.7. The molecule has 70 valence electrons. The van der Waals surface area contributed by atoms with Gasteiger partial charge < -0.3 is 10.2 Å². The van der Waals surface area contributed by atoms with Crippen LogP contribution in [0.4, 0.5) is 0 Å². The number of rotatable bonds is 1. The van der Waals surface area contributed by atoms with Gasteiger partial charge in [-0.3, -0.25) is 0 Å². The molecule has 0 radical (unpaired) electrons. The molecule has 0 spiro atoms. The molecule has 1 rings (SSSR count). The lowest BCUT2D eigenvalue weighted by molar-refractivity contribution is -0.684. The van der Waals surface area contributed by atoms with E-state index in [4.69, 9.17) is 5.11 Å². The molecule has 0 aliphatic rings. The van der Waals surface area contributed by atoms with E-state index in [1.54, 1.807) is 25.5 Å². The number of carboxylic acid groups (broad SMARTS) is 1. The summed E-state index contributed by atoms with van der Waals surface area (Å²) in [5, 5.41) is 18.2. The van der Waals surface area contributed by atoms with Crippen LogP contribution in [0, 0.1) is 13.8 Å². The fourth-order valence-corrected chi connectivity index (χ4v) is 1.16. The summed E-state index contributed by atoms with van der Waals surface area (Å²) >= 11 is 0. The zero-order valence-electron chi connectivity index (χ0n) is 7.83. The highest BCUT2D eigenvalue weighted by Gasteiger charge is 2.20. The van der Waals surface area contributed by atoms with Crippen molar-refractivity contribution in [3.63, 3.8) is 0 Å². The van der Waals surface area contributed by atoms with Crippen LogP contribution in [0.25, 0.3) is 0 Å². The van der Waals surface area contributed by atoms with Gasteiger partial charge in [0, 0.05) is 19.9 Å². The molecular weight excluding hydrogens is 170 g/mol. The number of pyridine rings is 1. The van der Waals surface area contributed by atoms with Crippen LogP contribution in [0.2, 0.25) is 0 Å². The fourth-order valence-electron chi connectivity index (χ4n) is 1.16. The third-order valence-electron chi connectivity index (χ3n) is 2.21. The van der Waals surface area contributed by atoms with Gasteiger partial charge in [-0.1, -0.05) is 0 Å². The van der Waals surface area contributed by atoms with Crippen LogP contribution in [0.5, 0.6) is 5.75 Å². The molecule has 4 nitrogen and oxygen atoms in total. The topological polar surface area (TPSA) is 61.4 Å². The molecule has 0 atom stereocenters. The molecule has 2 N–H and O–H groups in total. The fraction of sp³-hybridized carbons (Fsp3) is 0.333. The van der Waals surface area contributed by atoms with E-state index in [2.05, 4.69) is 0 Å². The van der Waals surface area contributed by atoms with Crippen LogP contribution in [0.1, 0.15) is 21.7 Å². The maximum absolute atomic E-state index is 10.7. The zero-order valence-corrected chi connectivity index (χ0v) is 7.83. The van der Waals surface area contributed by atoms with Gasteiger partial charge in [0.25, 0.3) is 0 Å². The minimum atomic E-state index is -1.11. The second kappa shape index (κ2) is 3.05. The van der Waals surface area contributed by atoms with E-state index in [0.29, 0.717) is 5.69 Å². The summed E-state index contributed by atoms with van der Waals surface area (Å²) in [4.78, 5) is 10.7. The number of aromatic nitrogens is 1. The van der Waals surface area contributed by atoms with Crippen molar-refractivity contribution in [1.29, 1.82) is 0 Å². The first-order valence-electron chi connectivity index (χ1n) is 3.87. The van der Waals surface area contributed by atoms with Crippen LogP contribution in [0.3, 0.4) is 0 Å². The molecule has 0 saturated heterocycles. The van der Waals surface area contributed by atoms with E-state index in [9.17, 15) is 9.90 Å².